The quantitative estimate of drug-likeness (QED) is 0.803. The molecule has 0 aliphatic carbocycles. The minimum Gasteiger partial charge on any atom is -0.368 e. The van der Waals surface area contributed by atoms with Gasteiger partial charge in [0.15, 0.2) is 0 Å². The summed E-state index contributed by atoms with van der Waals surface area (Å²) < 4.78 is 22.7. The highest BCUT2D eigenvalue weighted by molar-refractivity contribution is 7.89. The highest BCUT2D eigenvalue weighted by atomic mass is 32.2. The number of benzene rings is 1. The number of amides is 2. The number of piperidine rings is 1. The molecular weight excluding hydrogens is 294 g/mol. The lowest BCUT2D eigenvalue weighted by molar-refractivity contribution is -0.123. The lowest BCUT2D eigenvalue weighted by Gasteiger charge is -2.33. The van der Waals surface area contributed by atoms with Crippen LogP contribution in [-0.2, 0) is 14.8 Å². The summed E-state index contributed by atoms with van der Waals surface area (Å²) >= 11 is 0. The molecule has 1 aliphatic rings. The minimum absolute atomic E-state index is 0.138. The Morgan fingerprint density at radius 2 is 1.95 bits per heavy atom. The largest absolute Gasteiger partial charge is 0.368 e. The van der Waals surface area contributed by atoms with Gasteiger partial charge in [0, 0.05) is 12.1 Å². The second-order valence-corrected chi connectivity index (χ2v) is 6.55. The zero-order valence-corrected chi connectivity index (χ0v) is 12.2. The van der Waals surface area contributed by atoms with Crippen LogP contribution in [-0.4, -0.2) is 37.7 Å². The van der Waals surface area contributed by atoms with E-state index in [-0.39, 0.29) is 10.5 Å². The van der Waals surface area contributed by atoms with Crippen LogP contribution in [0, 0.1) is 0 Å². The maximum absolute atomic E-state index is 12.5. The monoisotopic (exact) mass is 311 g/mol. The molecule has 1 heterocycles. The predicted molar refractivity (Wildman–Crippen MR) is 75.7 cm³/mol. The summed E-state index contributed by atoms with van der Waals surface area (Å²) in [6.45, 7) is 0.423. The summed E-state index contributed by atoms with van der Waals surface area (Å²) in [5.74, 6) is -0.963. The van der Waals surface area contributed by atoms with Gasteiger partial charge in [-0.05, 0) is 37.5 Å². The van der Waals surface area contributed by atoms with Gasteiger partial charge in [-0.1, -0.05) is 6.07 Å². The Hall–Kier alpha value is -1.93. The Labute approximate surface area is 123 Å². The van der Waals surface area contributed by atoms with Gasteiger partial charge in [0.05, 0.1) is 4.90 Å². The zero-order valence-electron chi connectivity index (χ0n) is 11.4. The van der Waals surface area contributed by atoms with Gasteiger partial charge >= 0.3 is 0 Å². The number of rotatable bonds is 3. The topological polar surface area (TPSA) is 124 Å². The van der Waals surface area contributed by atoms with Crippen molar-refractivity contribution in [3.63, 3.8) is 0 Å². The number of hydrogen-bond donors (Lipinski definition) is 2. The number of carbonyl (C=O) groups is 2. The normalized spacial score (nSPS) is 19.3. The summed E-state index contributed by atoms with van der Waals surface area (Å²) in [5, 5.41) is 5.05. The average Bonchev–Trinajstić information content (AvgIpc) is 2.45. The van der Waals surface area contributed by atoms with Crippen LogP contribution in [0.25, 0.3) is 0 Å². The van der Waals surface area contributed by atoms with Gasteiger partial charge in [-0.3, -0.25) is 9.59 Å². The molecule has 1 atom stereocenters. The van der Waals surface area contributed by atoms with Crippen molar-refractivity contribution in [3.05, 3.63) is 29.8 Å². The first-order chi connectivity index (χ1) is 9.80. The molecule has 1 fully saturated rings. The third-order valence-corrected chi connectivity index (χ3v) is 4.41. The van der Waals surface area contributed by atoms with Gasteiger partial charge in [-0.25, -0.2) is 13.6 Å². The first-order valence-electron chi connectivity index (χ1n) is 6.54. The van der Waals surface area contributed by atoms with Crippen LogP contribution in [0.4, 0.5) is 0 Å². The van der Waals surface area contributed by atoms with E-state index in [0.29, 0.717) is 13.0 Å². The maximum atomic E-state index is 12.5. The van der Waals surface area contributed by atoms with E-state index in [0.717, 1.165) is 12.8 Å². The summed E-state index contributed by atoms with van der Waals surface area (Å²) in [6.07, 6.45) is 2.13. The van der Waals surface area contributed by atoms with Crippen molar-refractivity contribution < 1.29 is 18.0 Å². The lowest BCUT2D eigenvalue weighted by Crippen LogP contribution is -2.50. The van der Waals surface area contributed by atoms with Crippen LogP contribution < -0.4 is 10.9 Å². The van der Waals surface area contributed by atoms with Crippen LogP contribution in [0.1, 0.15) is 29.6 Å². The molecule has 114 valence electrons. The van der Waals surface area contributed by atoms with Crippen molar-refractivity contribution in [2.45, 2.75) is 30.2 Å². The molecule has 0 aromatic heterocycles. The Balaban J connectivity index is 2.33. The van der Waals surface area contributed by atoms with Crippen molar-refractivity contribution in [1.29, 1.82) is 0 Å². The zero-order chi connectivity index (χ0) is 15.6. The van der Waals surface area contributed by atoms with E-state index >= 15 is 0 Å². The Morgan fingerprint density at radius 3 is 2.57 bits per heavy atom. The van der Waals surface area contributed by atoms with Crippen LogP contribution in [0.5, 0.6) is 0 Å². The van der Waals surface area contributed by atoms with Crippen molar-refractivity contribution in [1.82, 2.24) is 4.90 Å². The van der Waals surface area contributed by atoms with E-state index < -0.39 is 27.9 Å². The second-order valence-electron chi connectivity index (χ2n) is 4.99. The summed E-state index contributed by atoms with van der Waals surface area (Å²) in [6, 6.07) is 4.81. The molecule has 1 aromatic rings. The van der Waals surface area contributed by atoms with Crippen molar-refractivity contribution in [3.8, 4) is 0 Å². The van der Waals surface area contributed by atoms with E-state index in [1.807, 2.05) is 0 Å². The molecule has 0 saturated carbocycles. The van der Waals surface area contributed by atoms with Gasteiger partial charge in [0.1, 0.15) is 6.04 Å². The predicted octanol–water partition coefficient (Wildman–Crippen LogP) is -0.186. The van der Waals surface area contributed by atoms with Crippen molar-refractivity contribution in [2.24, 2.45) is 10.9 Å². The highest BCUT2D eigenvalue weighted by Crippen LogP contribution is 2.20. The minimum atomic E-state index is -3.88. The van der Waals surface area contributed by atoms with Crippen LogP contribution in [0.3, 0.4) is 0 Å². The number of primary amides is 1. The number of nitrogens with zero attached hydrogens (tertiary/aromatic N) is 1. The van der Waals surface area contributed by atoms with Crippen LogP contribution in [0.15, 0.2) is 29.2 Å². The molecule has 1 aromatic carbocycles. The molecule has 2 amide bonds. The molecule has 4 N–H and O–H groups in total. The van der Waals surface area contributed by atoms with E-state index in [4.69, 9.17) is 10.9 Å². The van der Waals surface area contributed by atoms with Crippen molar-refractivity contribution >= 4 is 21.8 Å². The molecule has 0 bridgehead atoms. The van der Waals surface area contributed by atoms with E-state index in [9.17, 15) is 18.0 Å². The Bertz CT molecular complexity index is 672. The fourth-order valence-corrected chi connectivity index (χ4v) is 3.00. The maximum Gasteiger partial charge on any atom is 0.254 e. The number of sulfonamides is 1. The third kappa shape index (κ3) is 3.40. The summed E-state index contributed by atoms with van der Waals surface area (Å²) in [4.78, 5) is 25.2. The second kappa shape index (κ2) is 5.82. The molecule has 8 heteroatoms. The SMILES string of the molecule is NC(=O)C1CCCCN1C(=O)c1cccc(S(N)(=O)=O)c1. The first-order valence-corrected chi connectivity index (χ1v) is 8.08. The molecule has 21 heavy (non-hydrogen) atoms. The van der Waals surface area contributed by atoms with Gasteiger partial charge in [0.25, 0.3) is 5.91 Å². The fraction of sp³-hybridized carbons (Fsp3) is 0.385. The average molecular weight is 311 g/mol. The number of nitrogens with two attached hydrogens (primary N) is 2. The molecule has 0 spiro atoms. The molecule has 1 saturated heterocycles. The third-order valence-electron chi connectivity index (χ3n) is 3.50. The Morgan fingerprint density at radius 1 is 1.24 bits per heavy atom. The molecule has 1 unspecified atom stereocenters. The van der Waals surface area contributed by atoms with Crippen molar-refractivity contribution in [2.75, 3.05) is 6.54 Å². The molecule has 0 radical (unpaired) electrons. The van der Waals surface area contributed by atoms with Gasteiger partial charge in [-0.15, -0.1) is 0 Å². The molecule has 2 rings (SSSR count). The van der Waals surface area contributed by atoms with E-state index in [1.165, 1.54) is 29.2 Å². The molecular formula is C13H17N3O4S. The van der Waals surface area contributed by atoms with Crippen LogP contribution in [0.2, 0.25) is 0 Å². The number of primary sulfonamides is 1. The summed E-state index contributed by atoms with van der Waals surface area (Å²) in [5.41, 5.74) is 5.50. The van der Waals surface area contributed by atoms with Crippen LogP contribution >= 0.6 is 0 Å². The molecule has 7 nitrogen and oxygen atoms in total. The highest BCUT2D eigenvalue weighted by Gasteiger charge is 2.31. The molecule has 1 aliphatic heterocycles. The Kier molecular flexibility index (Phi) is 4.29. The number of carbonyl (C=O) groups excluding carboxylic acids is 2. The lowest BCUT2D eigenvalue weighted by atomic mass is 10.0. The van der Waals surface area contributed by atoms with Gasteiger partial charge < -0.3 is 10.6 Å². The van der Waals surface area contributed by atoms with E-state index in [1.54, 1.807) is 0 Å². The fourth-order valence-electron chi connectivity index (χ4n) is 2.44. The number of likely N-dealkylation sites (tertiary alicyclic amines) is 1. The first kappa shape index (κ1) is 15.5. The number of hydrogen-bond acceptors (Lipinski definition) is 4. The summed E-state index contributed by atoms with van der Waals surface area (Å²) in [7, 11) is -3.88. The standard InChI is InChI=1S/C13H17N3O4S/c14-12(17)11-6-1-2-7-16(11)13(18)9-4-3-5-10(8-9)21(15,19)20/h3-5,8,11H,1-2,6-7H2,(H2,14,17)(H2,15,19,20). The van der Waals surface area contributed by atoms with E-state index in [2.05, 4.69) is 0 Å². The van der Waals surface area contributed by atoms with Gasteiger partial charge in [0.2, 0.25) is 15.9 Å². The van der Waals surface area contributed by atoms with Gasteiger partial charge in [-0.2, -0.15) is 0 Å². The smallest absolute Gasteiger partial charge is 0.254 e.